The number of nitrogens with one attached hydrogen (secondary N) is 1. The summed E-state index contributed by atoms with van der Waals surface area (Å²) >= 11 is 0. The van der Waals surface area contributed by atoms with Crippen molar-refractivity contribution in [2.75, 3.05) is 13.7 Å². The lowest BCUT2D eigenvalue weighted by molar-refractivity contribution is 0.0600. The van der Waals surface area contributed by atoms with Crippen LogP contribution in [0.15, 0.2) is 23.1 Å². The maximum absolute atomic E-state index is 12.1. The van der Waals surface area contributed by atoms with Crippen molar-refractivity contribution < 1.29 is 23.1 Å². The van der Waals surface area contributed by atoms with Gasteiger partial charge in [-0.1, -0.05) is 6.07 Å². The zero-order valence-corrected chi connectivity index (χ0v) is 11.8. The molecule has 0 aromatic heterocycles. The molecular formula is C12H17NO5S. The van der Waals surface area contributed by atoms with Crippen molar-refractivity contribution in [2.45, 2.75) is 24.8 Å². The molecule has 0 fully saturated rings. The third kappa shape index (κ3) is 3.76. The van der Waals surface area contributed by atoms with Crippen LogP contribution in [0.3, 0.4) is 0 Å². The number of carbonyl (C=O) groups is 1. The lowest BCUT2D eigenvalue weighted by Crippen LogP contribution is -2.35. The highest BCUT2D eigenvalue weighted by atomic mass is 32.2. The standard InChI is InChI=1S/C12H17NO5S/c1-8-4-5-10(12(15)18-3)6-11(8)19(16,17)13-9(2)7-14/h4-6,9,13-14H,7H2,1-3H3. The highest BCUT2D eigenvalue weighted by Crippen LogP contribution is 2.18. The van der Waals surface area contributed by atoms with Gasteiger partial charge in [0.1, 0.15) is 0 Å². The number of ether oxygens (including phenoxy) is 1. The van der Waals surface area contributed by atoms with E-state index in [2.05, 4.69) is 9.46 Å². The van der Waals surface area contributed by atoms with E-state index in [-0.39, 0.29) is 17.1 Å². The number of carbonyl (C=O) groups excluding carboxylic acids is 1. The van der Waals surface area contributed by atoms with Crippen molar-refractivity contribution in [2.24, 2.45) is 0 Å². The smallest absolute Gasteiger partial charge is 0.337 e. The van der Waals surface area contributed by atoms with Crippen LogP contribution in [0.5, 0.6) is 0 Å². The van der Waals surface area contributed by atoms with E-state index in [0.717, 1.165) is 0 Å². The molecule has 0 heterocycles. The maximum Gasteiger partial charge on any atom is 0.337 e. The second-order valence-electron chi connectivity index (χ2n) is 4.18. The average Bonchev–Trinajstić information content (AvgIpc) is 2.37. The third-order valence-electron chi connectivity index (χ3n) is 2.53. The number of hydrogen-bond donors (Lipinski definition) is 2. The van der Waals surface area contributed by atoms with Crippen molar-refractivity contribution >= 4 is 16.0 Å². The Morgan fingerprint density at radius 2 is 2.11 bits per heavy atom. The Kier molecular flexibility index (Phi) is 5.04. The van der Waals surface area contributed by atoms with Crippen molar-refractivity contribution in [3.05, 3.63) is 29.3 Å². The Morgan fingerprint density at radius 3 is 2.63 bits per heavy atom. The topological polar surface area (TPSA) is 92.7 Å². The first-order valence-corrected chi connectivity index (χ1v) is 7.12. The normalized spacial score (nSPS) is 13.1. The molecular weight excluding hydrogens is 270 g/mol. The minimum absolute atomic E-state index is 0.00398. The van der Waals surface area contributed by atoms with Gasteiger partial charge in [-0.05, 0) is 31.5 Å². The van der Waals surface area contributed by atoms with Crippen LogP contribution in [0.25, 0.3) is 0 Å². The lowest BCUT2D eigenvalue weighted by atomic mass is 10.1. The minimum atomic E-state index is -3.78. The number of rotatable bonds is 5. The van der Waals surface area contributed by atoms with Crippen LogP contribution in [-0.4, -0.2) is 39.3 Å². The molecule has 1 unspecified atom stereocenters. The molecule has 0 saturated heterocycles. The first kappa shape index (κ1) is 15.6. The van der Waals surface area contributed by atoms with Gasteiger partial charge >= 0.3 is 5.97 Å². The van der Waals surface area contributed by atoms with Gasteiger partial charge in [-0.15, -0.1) is 0 Å². The molecule has 1 aromatic carbocycles. The monoisotopic (exact) mass is 287 g/mol. The Bertz CT molecular complexity index is 567. The number of methoxy groups -OCH3 is 1. The number of aliphatic hydroxyl groups is 1. The van der Waals surface area contributed by atoms with Gasteiger partial charge in [0.25, 0.3) is 0 Å². The van der Waals surface area contributed by atoms with Crippen LogP contribution in [0, 0.1) is 6.92 Å². The van der Waals surface area contributed by atoms with Gasteiger partial charge in [0.2, 0.25) is 10.0 Å². The fraction of sp³-hybridized carbons (Fsp3) is 0.417. The molecule has 0 bridgehead atoms. The Hall–Kier alpha value is -1.44. The van der Waals surface area contributed by atoms with Gasteiger partial charge in [-0.2, -0.15) is 0 Å². The summed E-state index contributed by atoms with van der Waals surface area (Å²) in [6.45, 7) is 2.85. The van der Waals surface area contributed by atoms with E-state index in [1.54, 1.807) is 6.92 Å². The van der Waals surface area contributed by atoms with E-state index < -0.39 is 22.0 Å². The molecule has 2 N–H and O–H groups in total. The second kappa shape index (κ2) is 6.14. The number of aryl methyl sites for hydroxylation is 1. The zero-order chi connectivity index (χ0) is 14.6. The van der Waals surface area contributed by atoms with E-state index in [1.807, 2.05) is 0 Å². The number of aliphatic hydroxyl groups excluding tert-OH is 1. The molecule has 0 aliphatic heterocycles. The van der Waals surface area contributed by atoms with E-state index >= 15 is 0 Å². The first-order valence-electron chi connectivity index (χ1n) is 5.64. The van der Waals surface area contributed by atoms with Crippen LogP contribution >= 0.6 is 0 Å². The van der Waals surface area contributed by atoms with Crippen LogP contribution in [0.4, 0.5) is 0 Å². The largest absolute Gasteiger partial charge is 0.465 e. The first-order chi connectivity index (χ1) is 8.81. The minimum Gasteiger partial charge on any atom is -0.465 e. The van der Waals surface area contributed by atoms with Crippen molar-refractivity contribution in [1.29, 1.82) is 0 Å². The summed E-state index contributed by atoms with van der Waals surface area (Å²) in [5.74, 6) is -0.605. The SMILES string of the molecule is COC(=O)c1ccc(C)c(S(=O)(=O)NC(C)CO)c1. The molecule has 1 atom stereocenters. The molecule has 0 radical (unpaired) electrons. The van der Waals surface area contributed by atoms with E-state index in [4.69, 9.17) is 5.11 Å². The fourth-order valence-corrected chi connectivity index (χ4v) is 3.01. The molecule has 19 heavy (non-hydrogen) atoms. The van der Waals surface area contributed by atoms with Crippen LogP contribution in [0.1, 0.15) is 22.8 Å². The van der Waals surface area contributed by atoms with Gasteiger partial charge in [-0.25, -0.2) is 17.9 Å². The Morgan fingerprint density at radius 1 is 1.47 bits per heavy atom. The summed E-state index contributed by atoms with van der Waals surface area (Å²) in [6.07, 6.45) is 0. The van der Waals surface area contributed by atoms with Crippen molar-refractivity contribution in [3.63, 3.8) is 0 Å². The molecule has 0 spiro atoms. The predicted molar refractivity (Wildman–Crippen MR) is 69.4 cm³/mol. The molecule has 0 saturated carbocycles. The summed E-state index contributed by atoms with van der Waals surface area (Å²) in [7, 11) is -2.56. The lowest BCUT2D eigenvalue weighted by Gasteiger charge is -2.14. The van der Waals surface area contributed by atoms with Gasteiger partial charge in [-0.3, -0.25) is 0 Å². The maximum atomic E-state index is 12.1. The summed E-state index contributed by atoms with van der Waals surface area (Å²) in [5, 5.41) is 8.89. The summed E-state index contributed by atoms with van der Waals surface area (Å²) < 4.78 is 31.1. The second-order valence-corrected chi connectivity index (χ2v) is 5.86. The van der Waals surface area contributed by atoms with Crippen molar-refractivity contribution in [1.82, 2.24) is 4.72 Å². The molecule has 7 heteroatoms. The summed E-state index contributed by atoms with van der Waals surface area (Å²) in [4.78, 5) is 11.4. The predicted octanol–water partition coefficient (Wildman–Crippen LogP) is 0.441. The molecule has 1 rings (SSSR count). The van der Waals surface area contributed by atoms with Crippen molar-refractivity contribution in [3.8, 4) is 0 Å². The van der Waals surface area contributed by atoms with E-state index in [9.17, 15) is 13.2 Å². The van der Waals surface area contributed by atoms with Gasteiger partial charge in [0.15, 0.2) is 0 Å². The van der Waals surface area contributed by atoms with Gasteiger partial charge in [0, 0.05) is 6.04 Å². The molecule has 0 aliphatic carbocycles. The molecule has 6 nitrogen and oxygen atoms in total. The van der Waals surface area contributed by atoms with Gasteiger partial charge < -0.3 is 9.84 Å². The van der Waals surface area contributed by atoms with Crippen LogP contribution in [-0.2, 0) is 14.8 Å². The van der Waals surface area contributed by atoms with Gasteiger partial charge in [0.05, 0.1) is 24.2 Å². The summed E-state index contributed by atoms with van der Waals surface area (Å²) in [6, 6.07) is 3.68. The average molecular weight is 287 g/mol. The highest BCUT2D eigenvalue weighted by molar-refractivity contribution is 7.89. The van der Waals surface area contributed by atoms with Crippen LogP contribution < -0.4 is 4.72 Å². The number of sulfonamides is 1. The summed E-state index contributed by atoms with van der Waals surface area (Å²) in [5.41, 5.74) is 0.662. The molecule has 0 amide bonds. The Labute approximate surface area is 112 Å². The molecule has 0 aliphatic rings. The van der Waals surface area contributed by atoms with E-state index in [0.29, 0.717) is 5.56 Å². The fourth-order valence-electron chi connectivity index (χ4n) is 1.50. The Balaban J connectivity index is 3.22. The van der Waals surface area contributed by atoms with E-state index in [1.165, 1.54) is 32.2 Å². The third-order valence-corrected chi connectivity index (χ3v) is 4.26. The number of benzene rings is 1. The zero-order valence-electron chi connectivity index (χ0n) is 11.0. The molecule has 1 aromatic rings. The number of esters is 1. The molecule has 106 valence electrons. The number of hydrogen-bond acceptors (Lipinski definition) is 5. The quantitative estimate of drug-likeness (QED) is 0.767. The highest BCUT2D eigenvalue weighted by Gasteiger charge is 2.21. The van der Waals surface area contributed by atoms with Crippen LogP contribution in [0.2, 0.25) is 0 Å².